The maximum Gasteiger partial charge on any atom is 0.341 e. The molecule has 1 amide bonds. The van der Waals surface area contributed by atoms with Gasteiger partial charge in [-0.1, -0.05) is 60.7 Å². The Balaban J connectivity index is 1.81. The lowest BCUT2D eigenvalue weighted by molar-refractivity contribution is 0.0936. The summed E-state index contributed by atoms with van der Waals surface area (Å²) in [5.41, 5.74) is 2.15. The predicted molar refractivity (Wildman–Crippen MR) is 106 cm³/mol. The third-order valence-electron chi connectivity index (χ3n) is 4.47. The highest BCUT2D eigenvalue weighted by molar-refractivity contribution is 7.91. The van der Waals surface area contributed by atoms with Gasteiger partial charge < -0.3 is 5.32 Å². The summed E-state index contributed by atoms with van der Waals surface area (Å²) in [5, 5.41) is 2.94. The van der Waals surface area contributed by atoms with E-state index >= 15 is 0 Å². The molecule has 7 heteroatoms. The lowest BCUT2D eigenvalue weighted by Crippen LogP contribution is -2.30. The predicted octanol–water partition coefficient (Wildman–Crippen LogP) is 4.40. The number of carbonyl (C=O) groups excluding carboxylic acids is 1. The summed E-state index contributed by atoms with van der Waals surface area (Å²) in [6.07, 6.45) is 0.564. The van der Waals surface area contributed by atoms with Crippen molar-refractivity contribution in [1.82, 2.24) is 5.32 Å². The summed E-state index contributed by atoms with van der Waals surface area (Å²) in [7, 11) is -4.69. The van der Waals surface area contributed by atoms with Crippen molar-refractivity contribution in [1.29, 1.82) is 0 Å². The molecule has 0 spiro atoms. The molecule has 0 aromatic heterocycles. The molecular formula is C22H19F2NO3S. The van der Waals surface area contributed by atoms with E-state index in [2.05, 4.69) is 5.32 Å². The molecule has 4 nitrogen and oxygen atoms in total. The molecule has 3 aromatic carbocycles. The number of sulfone groups is 1. The Bertz CT molecular complexity index is 1050. The highest BCUT2D eigenvalue weighted by Crippen LogP contribution is 2.21. The van der Waals surface area contributed by atoms with Gasteiger partial charge in [-0.2, -0.15) is 8.78 Å². The first-order valence-electron chi connectivity index (χ1n) is 8.90. The van der Waals surface area contributed by atoms with E-state index in [0.29, 0.717) is 6.42 Å². The quantitative estimate of drug-likeness (QED) is 0.622. The second kappa shape index (κ2) is 8.96. The minimum atomic E-state index is -4.69. The van der Waals surface area contributed by atoms with Crippen molar-refractivity contribution in [2.75, 3.05) is 0 Å². The third-order valence-corrected chi connectivity index (χ3v) is 5.87. The minimum Gasteiger partial charge on any atom is -0.345 e. The number of amides is 1. The smallest absolute Gasteiger partial charge is 0.341 e. The molecule has 1 N–H and O–H groups in total. The van der Waals surface area contributed by atoms with Gasteiger partial charge in [-0.25, -0.2) is 8.42 Å². The van der Waals surface area contributed by atoms with Crippen LogP contribution in [0, 0.1) is 0 Å². The number of alkyl halides is 2. The Morgan fingerprint density at radius 3 is 1.93 bits per heavy atom. The second-order valence-electron chi connectivity index (χ2n) is 6.46. The van der Waals surface area contributed by atoms with Crippen LogP contribution in [0.15, 0.2) is 89.8 Å². The van der Waals surface area contributed by atoms with Crippen LogP contribution in [0.3, 0.4) is 0 Å². The van der Waals surface area contributed by atoms with Gasteiger partial charge >= 0.3 is 5.76 Å². The molecule has 3 aromatic rings. The summed E-state index contributed by atoms with van der Waals surface area (Å²) in [6.45, 7) is 0. The van der Waals surface area contributed by atoms with Gasteiger partial charge in [0, 0.05) is 5.56 Å². The van der Waals surface area contributed by atoms with Crippen LogP contribution >= 0.6 is 0 Å². The minimum absolute atomic E-state index is 0.187. The molecule has 29 heavy (non-hydrogen) atoms. The average Bonchev–Trinajstić information content (AvgIpc) is 2.74. The maximum absolute atomic E-state index is 12.7. The Morgan fingerprint density at radius 1 is 0.828 bits per heavy atom. The van der Waals surface area contributed by atoms with Crippen LogP contribution in [0.5, 0.6) is 0 Å². The highest BCUT2D eigenvalue weighted by atomic mass is 32.2. The maximum atomic E-state index is 12.7. The lowest BCUT2D eigenvalue weighted by Gasteiger charge is -2.20. The SMILES string of the molecule is O=C(N[C@@H](Cc1ccccc1)c1ccccc1)c1ccc(S(=O)(=O)C(F)F)cc1. The molecule has 1 atom stereocenters. The molecule has 0 fully saturated rings. The standard InChI is InChI=1S/C22H19F2NO3S/c23-22(24)29(27,28)19-13-11-18(12-14-19)21(26)25-20(17-9-5-2-6-10-17)15-16-7-3-1-4-8-16/h1-14,20,22H,15H2,(H,25,26)/t20-/m0/s1. The topological polar surface area (TPSA) is 63.2 Å². The monoisotopic (exact) mass is 415 g/mol. The molecule has 0 radical (unpaired) electrons. The summed E-state index contributed by atoms with van der Waals surface area (Å²) in [6, 6.07) is 23.3. The van der Waals surface area contributed by atoms with Crippen molar-refractivity contribution in [2.45, 2.75) is 23.1 Å². The van der Waals surface area contributed by atoms with Gasteiger partial charge in [0.25, 0.3) is 5.91 Å². The Morgan fingerprint density at radius 2 is 1.38 bits per heavy atom. The van der Waals surface area contributed by atoms with E-state index in [0.717, 1.165) is 23.3 Å². The fourth-order valence-electron chi connectivity index (χ4n) is 2.93. The number of carbonyl (C=O) groups is 1. The van der Waals surface area contributed by atoms with E-state index in [-0.39, 0.29) is 11.6 Å². The molecule has 150 valence electrons. The van der Waals surface area contributed by atoms with Gasteiger partial charge in [0.2, 0.25) is 9.84 Å². The lowest BCUT2D eigenvalue weighted by atomic mass is 9.98. The molecule has 3 rings (SSSR count). The largest absolute Gasteiger partial charge is 0.345 e. The van der Waals surface area contributed by atoms with Gasteiger partial charge in [0.05, 0.1) is 10.9 Å². The first-order valence-corrected chi connectivity index (χ1v) is 10.4. The van der Waals surface area contributed by atoms with Crippen LogP contribution in [-0.2, 0) is 16.3 Å². The zero-order chi connectivity index (χ0) is 20.9. The molecule has 0 saturated carbocycles. The fourth-order valence-corrected chi connectivity index (χ4v) is 3.65. The fraction of sp³-hybridized carbons (Fsp3) is 0.136. The van der Waals surface area contributed by atoms with Gasteiger partial charge in [0.1, 0.15) is 0 Å². The van der Waals surface area contributed by atoms with Crippen LogP contribution < -0.4 is 5.32 Å². The summed E-state index contributed by atoms with van der Waals surface area (Å²) >= 11 is 0. The van der Waals surface area contributed by atoms with Crippen molar-refractivity contribution in [3.63, 3.8) is 0 Å². The van der Waals surface area contributed by atoms with Gasteiger partial charge in [-0.3, -0.25) is 4.79 Å². The Kier molecular flexibility index (Phi) is 6.39. The number of halogens is 2. The normalized spacial score (nSPS) is 12.5. The summed E-state index contributed by atoms with van der Waals surface area (Å²) < 4.78 is 48.4. The summed E-state index contributed by atoms with van der Waals surface area (Å²) in [4.78, 5) is 12.2. The number of hydrogen-bond donors (Lipinski definition) is 1. The van der Waals surface area contributed by atoms with Gasteiger partial charge in [-0.05, 0) is 41.8 Å². The number of benzene rings is 3. The van der Waals surface area contributed by atoms with Gasteiger partial charge in [-0.15, -0.1) is 0 Å². The molecule has 0 saturated heterocycles. The van der Waals surface area contributed by atoms with E-state index < -0.39 is 26.4 Å². The van der Waals surface area contributed by atoms with Crippen LogP contribution in [-0.4, -0.2) is 20.1 Å². The molecule has 0 unspecified atom stereocenters. The average molecular weight is 415 g/mol. The third kappa shape index (κ3) is 5.06. The number of hydrogen-bond acceptors (Lipinski definition) is 3. The van der Waals surface area contributed by atoms with Crippen molar-refractivity contribution < 1.29 is 22.0 Å². The van der Waals surface area contributed by atoms with Crippen LogP contribution in [0.2, 0.25) is 0 Å². The molecule has 0 bridgehead atoms. The van der Waals surface area contributed by atoms with Crippen molar-refractivity contribution in [3.8, 4) is 0 Å². The van der Waals surface area contributed by atoms with Crippen molar-refractivity contribution in [2.24, 2.45) is 0 Å². The Hall–Kier alpha value is -3.06. The molecule has 0 aliphatic carbocycles. The summed E-state index contributed by atoms with van der Waals surface area (Å²) in [5.74, 6) is -3.92. The van der Waals surface area contributed by atoms with Crippen molar-refractivity contribution >= 4 is 15.7 Å². The van der Waals surface area contributed by atoms with E-state index in [1.807, 2.05) is 60.7 Å². The Labute approximate surface area is 168 Å². The van der Waals surface area contributed by atoms with Crippen LogP contribution in [0.25, 0.3) is 0 Å². The van der Waals surface area contributed by atoms with Crippen LogP contribution in [0.4, 0.5) is 8.78 Å². The molecule has 0 aliphatic rings. The van der Waals surface area contributed by atoms with E-state index in [4.69, 9.17) is 0 Å². The number of rotatable bonds is 7. The van der Waals surface area contributed by atoms with Gasteiger partial charge in [0.15, 0.2) is 0 Å². The van der Waals surface area contributed by atoms with E-state index in [1.54, 1.807) is 0 Å². The molecule has 0 aliphatic heterocycles. The van der Waals surface area contributed by atoms with Crippen LogP contribution in [0.1, 0.15) is 27.5 Å². The zero-order valence-electron chi connectivity index (χ0n) is 15.3. The highest BCUT2D eigenvalue weighted by Gasteiger charge is 2.26. The zero-order valence-corrected chi connectivity index (χ0v) is 16.2. The first kappa shape index (κ1) is 20.7. The van der Waals surface area contributed by atoms with Crippen molar-refractivity contribution in [3.05, 3.63) is 102 Å². The molecule has 0 heterocycles. The van der Waals surface area contributed by atoms with E-state index in [1.165, 1.54) is 12.1 Å². The number of nitrogens with one attached hydrogen (secondary N) is 1. The first-order chi connectivity index (χ1) is 13.9. The second-order valence-corrected chi connectivity index (χ2v) is 8.37. The van der Waals surface area contributed by atoms with E-state index in [9.17, 15) is 22.0 Å². The molecular weight excluding hydrogens is 396 g/mol.